The van der Waals surface area contributed by atoms with Crippen molar-refractivity contribution in [1.82, 2.24) is 0 Å². The minimum atomic E-state index is -0.689. The molecule has 1 aliphatic heterocycles. The van der Waals surface area contributed by atoms with Crippen molar-refractivity contribution < 1.29 is 14.6 Å². The first-order chi connectivity index (χ1) is 13.2. The number of rotatable bonds is 2. The fourth-order valence-electron chi connectivity index (χ4n) is 9.26. The van der Waals surface area contributed by atoms with Crippen LogP contribution in [-0.2, 0) is 9.53 Å². The molecule has 8 aliphatic rings. The smallest absolute Gasteiger partial charge is 0.308 e. The summed E-state index contributed by atoms with van der Waals surface area (Å²) in [6.07, 6.45) is 7.05. The standard InChI is InChI=1S/C24H33NO3/c1-13(2)20(26)28-19-14(3)15-10-16-18-23-9-8-22(16,19)17(11-15)24(23,27)7-5-6-21(23,4)12-25-18/h13,15-17,19,27H,3,5-12H2,1-2,4H3/t15-,16+,17+,19+,21-,22+,23+,24-/m0/s1. The Balaban J connectivity index is 1.55. The van der Waals surface area contributed by atoms with Crippen LogP contribution in [0.15, 0.2) is 17.1 Å². The number of ether oxygens (including phenoxy) is 1. The number of carbonyl (C=O) groups is 1. The van der Waals surface area contributed by atoms with Gasteiger partial charge in [0.2, 0.25) is 0 Å². The van der Waals surface area contributed by atoms with E-state index in [1.807, 2.05) is 13.8 Å². The molecule has 0 saturated heterocycles. The molecule has 0 aromatic carbocycles. The summed E-state index contributed by atoms with van der Waals surface area (Å²) in [6, 6.07) is 0. The van der Waals surface area contributed by atoms with Gasteiger partial charge in [-0.2, -0.15) is 0 Å². The summed E-state index contributed by atoms with van der Waals surface area (Å²) in [4.78, 5) is 17.8. The van der Waals surface area contributed by atoms with Crippen molar-refractivity contribution in [1.29, 1.82) is 0 Å². The van der Waals surface area contributed by atoms with Gasteiger partial charge in [-0.1, -0.05) is 27.4 Å². The molecule has 1 heterocycles. The summed E-state index contributed by atoms with van der Waals surface area (Å²) in [5.41, 5.74) is 1.51. The third-order valence-electron chi connectivity index (χ3n) is 10.3. The van der Waals surface area contributed by atoms with E-state index in [1.54, 1.807) is 0 Å². The molecule has 8 rings (SSSR count). The first-order valence-electron chi connectivity index (χ1n) is 11.4. The van der Waals surface area contributed by atoms with Gasteiger partial charge in [-0.15, -0.1) is 0 Å². The SMILES string of the molecule is C=C1[C@H]2C[C@@H]3C4=NC[C@]5(C)CCC[C@]6(O)[C@H](C2)[C@]3(CC[C@@]456)[C@@H]1OC(=O)C(C)C. The van der Waals surface area contributed by atoms with Crippen LogP contribution in [0.4, 0.5) is 0 Å². The van der Waals surface area contributed by atoms with Crippen molar-refractivity contribution >= 4 is 11.7 Å². The molecule has 8 atom stereocenters. The Kier molecular flexibility index (Phi) is 3.12. The van der Waals surface area contributed by atoms with E-state index in [9.17, 15) is 9.90 Å². The van der Waals surface area contributed by atoms with Gasteiger partial charge in [-0.3, -0.25) is 9.79 Å². The van der Waals surface area contributed by atoms with Gasteiger partial charge in [0.25, 0.3) is 0 Å². The van der Waals surface area contributed by atoms with E-state index in [-0.39, 0.29) is 40.2 Å². The third kappa shape index (κ3) is 1.54. The molecule has 7 saturated carbocycles. The molecule has 0 aromatic heterocycles. The molecule has 4 nitrogen and oxygen atoms in total. The van der Waals surface area contributed by atoms with Gasteiger partial charge in [0.05, 0.1) is 11.5 Å². The number of hydrogen-bond donors (Lipinski definition) is 1. The number of fused-ring (bicyclic) bond motifs is 2. The molecular formula is C24H33NO3. The molecule has 0 amide bonds. The highest BCUT2D eigenvalue weighted by Crippen LogP contribution is 2.81. The Morgan fingerprint density at radius 3 is 2.79 bits per heavy atom. The van der Waals surface area contributed by atoms with E-state index in [2.05, 4.69) is 13.5 Å². The number of hydrogen-bond acceptors (Lipinski definition) is 4. The Morgan fingerprint density at radius 2 is 2.04 bits per heavy atom. The topological polar surface area (TPSA) is 58.9 Å². The average Bonchev–Trinajstić information content (AvgIpc) is 2.97. The monoisotopic (exact) mass is 383 g/mol. The summed E-state index contributed by atoms with van der Waals surface area (Å²) < 4.78 is 6.20. The highest BCUT2D eigenvalue weighted by molar-refractivity contribution is 5.99. The van der Waals surface area contributed by atoms with Crippen LogP contribution in [0.3, 0.4) is 0 Å². The van der Waals surface area contributed by atoms with Crippen molar-refractivity contribution in [2.24, 2.45) is 44.9 Å². The molecule has 7 aliphatic carbocycles. The number of nitrogens with zero attached hydrogens (tertiary/aromatic N) is 1. The molecule has 2 spiro atoms. The molecule has 1 N–H and O–H groups in total. The largest absolute Gasteiger partial charge is 0.457 e. The van der Waals surface area contributed by atoms with E-state index >= 15 is 0 Å². The Morgan fingerprint density at radius 1 is 1.25 bits per heavy atom. The maximum absolute atomic E-state index is 12.6. The fourth-order valence-corrected chi connectivity index (χ4v) is 9.26. The molecular weight excluding hydrogens is 350 g/mol. The lowest BCUT2D eigenvalue weighted by Gasteiger charge is -2.78. The van der Waals surface area contributed by atoms with Crippen LogP contribution in [0, 0.1) is 39.9 Å². The molecule has 0 aromatic rings. The molecule has 5 bridgehead atoms. The van der Waals surface area contributed by atoms with Crippen molar-refractivity contribution in [3.8, 4) is 0 Å². The highest BCUT2D eigenvalue weighted by Gasteiger charge is 2.84. The second-order valence-electron chi connectivity index (χ2n) is 11.4. The van der Waals surface area contributed by atoms with E-state index in [4.69, 9.17) is 9.73 Å². The molecule has 0 unspecified atom stereocenters. The van der Waals surface area contributed by atoms with Gasteiger partial charge in [0, 0.05) is 34.4 Å². The second kappa shape index (κ2) is 4.94. The average molecular weight is 384 g/mol. The molecule has 4 heteroatoms. The molecule has 152 valence electrons. The summed E-state index contributed by atoms with van der Waals surface area (Å²) in [5, 5.41) is 12.4. The van der Waals surface area contributed by atoms with Gasteiger partial charge in [-0.05, 0) is 62.4 Å². The van der Waals surface area contributed by atoms with E-state index in [0.29, 0.717) is 11.8 Å². The predicted octanol–water partition coefficient (Wildman–Crippen LogP) is 3.92. The maximum Gasteiger partial charge on any atom is 0.308 e. The van der Waals surface area contributed by atoms with Crippen LogP contribution in [0.1, 0.15) is 65.7 Å². The number of aliphatic imine (C=N–C) groups is 1. The zero-order chi connectivity index (χ0) is 19.7. The Bertz CT molecular complexity index is 828. The molecule has 7 fully saturated rings. The van der Waals surface area contributed by atoms with Crippen molar-refractivity contribution in [3.05, 3.63) is 12.2 Å². The lowest BCUT2D eigenvalue weighted by Crippen LogP contribution is -2.82. The summed E-state index contributed by atoms with van der Waals surface area (Å²) >= 11 is 0. The van der Waals surface area contributed by atoms with Crippen LogP contribution < -0.4 is 0 Å². The Labute approximate surface area is 167 Å². The Hall–Kier alpha value is -1.16. The van der Waals surface area contributed by atoms with Crippen LogP contribution in [0.5, 0.6) is 0 Å². The minimum absolute atomic E-state index is 0.103. The first-order valence-corrected chi connectivity index (χ1v) is 11.4. The normalized spacial score (nSPS) is 55.3. The summed E-state index contributed by atoms with van der Waals surface area (Å²) in [5.74, 6) is 0.651. The molecule has 28 heavy (non-hydrogen) atoms. The van der Waals surface area contributed by atoms with Crippen molar-refractivity contribution in [2.75, 3.05) is 6.54 Å². The van der Waals surface area contributed by atoms with Crippen LogP contribution in [-0.4, -0.2) is 35.0 Å². The van der Waals surface area contributed by atoms with Gasteiger partial charge in [0.15, 0.2) is 0 Å². The van der Waals surface area contributed by atoms with Crippen molar-refractivity contribution in [3.63, 3.8) is 0 Å². The maximum atomic E-state index is 12.6. The van der Waals surface area contributed by atoms with Crippen LogP contribution in [0.25, 0.3) is 0 Å². The van der Waals surface area contributed by atoms with Crippen LogP contribution >= 0.6 is 0 Å². The fraction of sp³-hybridized carbons (Fsp3) is 0.833. The number of aliphatic hydroxyl groups is 1. The van der Waals surface area contributed by atoms with Gasteiger partial charge in [0.1, 0.15) is 6.10 Å². The predicted molar refractivity (Wildman–Crippen MR) is 107 cm³/mol. The zero-order valence-corrected chi connectivity index (χ0v) is 17.5. The lowest BCUT2D eigenvalue weighted by molar-refractivity contribution is -0.296. The van der Waals surface area contributed by atoms with Gasteiger partial charge >= 0.3 is 5.97 Å². The van der Waals surface area contributed by atoms with E-state index in [1.165, 1.54) is 12.1 Å². The summed E-state index contributed by atoms with van der Waals surface area (Å²) in [6.45, 7) is 11.5. The van der Waals surface area contributed by atoms with Gasteiger partial charge < -0.3 is 9.84 Å². The van der Waals surface area contributed by atoms with E-state index < -0.39 is 5.60 Å². The number of esters is 1. The van der Waals surface area contributed by atoms with Crippen molar-refractivity contribution in [2.45, 2.75) is 77.4 Å². The second-order valence-corrected chi connectivity index (χ2v) is 11.4. The van der Waals surface area contributed by atoms with Crippen LogP contribution in [0.2, 0.25) is 0 Å². The lowest BCUT2D eigenvalue weighted by atomic mass is 9.26. The van der Waals surface area contributed by atoms with E-state index in [0.717, 1.165) is 50.6 Å². The third-order valence-corrected chi connectivity index (χ3v) is 10.3. The zero-order valence-electron chi connectivity index (χ0n) is 17.5. The quantitative estimate of drug-likeness (QED) is 0.581. The molecule has 0 radical (unpaired) electrons. The number of carbonyl (C=O) groups excluding carboxylic acids is 1. The minimum Gasteiger partial charge on any atom is -0.457 e. The van der Waals surface area contributed by atoms with Gasteiger partial charge in [-0.25, -0.2) is 0 Å². The first kappa shape index (κ1) is 17.7. The highest BCUT2D eigenvalue weighted by atomic mass is 16.5. The summed E-state index contributed by atoms with van der Waals surface area (Å²) in [7, 11) is 0.